The van der Waals surface area contributed by atoms with Crippen LogP contribution in [0.2, 0.25) is 0 Å². The lowest BCUT2D eigenvalue weighted by Crippen LogP contribution is -2.00. The van der Waals surface area contributed by atoms with E-state index < -0.39 is 0 Å². The van der Waals surface area contributed by atoms with Crippen LogP contribution in [0.25, 0.3) is 101 Å². The van der Waals surface area contributed by atoms with E-state index in [0.29, 0.717) is 28.9 Å². The molecule has 10 aromatic rings. The van der Waals surface area contributed by atoms with E-state index in [1.54, 1.807) is 0 Å². The summed E-state index contributed by atoms with van der Waals surface area (Å²) < 4.78 is 12.6. The van der Waals surface area contributed by atoms with E-state index in [4.69, 9.17) is 28.8 Å². The van der Waals surface area contributed by atoms with Crippen molar-refractivity contribution in [2.45, 2.75) is 0 Å². The second-order valence-electron chi connectivity index (χ2n) is 12.2. The predicted octanol–water partition coefficient (Wildman–Crippen LogP) is 11.4. The molecule has 0 saturated heterocycles. The van der Waals surface area contributed by atoms with E-state index in [-0.39, 0.29) is 0 Å². The van der Waals surface area contributed by atoms with Crippen molar-refractivity contribution in [3.05, 3.63) is 158 Å². The first-order valence-electron chi connectivity index (χ1n) is 16.5. The molecule has 6 nitrogen and oxygen atoms in total. The maximum atomic E-state index is 6.37. The van der Waals surface area contributed by atoms with Gasteiger partial charge in [-0.15, -0.1) is 0 Å². The highest BCUT2D eigenvalue weighted by Gasteiger charge is 2.19. The topological polar surface area (TPSA) is 77.8 Å². The third kappa shape index (κ3) is 4.65. The van der Waals surface area contributed by atoms with Crippen molar-refractivity contribution in [2.75, 3.05) is 0 Å². The van der Waals surface area contributed by atoms with Crippen molar-refractivity contribution >= 4 is 43.8 Å². The predicted molar refractivity (Wildman–Crippen MR) is 199 cm³/mol. The first-order valence-corrected chi connectivity index (χ1v) is 16.5. The zero-order valence-electron chi connectivity index (χ0n) is 26.6. The summed E-state index contributed by atoms with van der Waals surface area (Å²) in [7, 11) is 0. The van der Waals surface area contributed by atoms with Crippen LogP contribution in [0.15, 0.2) is 167 Å². The van der Waals surface area contributed by atoms with Gasteiger partial charge >= 0.3 is 0 Å². The fourth-order valence-electron chi connectivity index (χ4n) is 6.76. The number of fused-ring (bicyclic) bond motifs is 6. The Kier molecular flexibility index (Phi) is 6.39. The number of para-hydroxylation sites is 1. The van der Waals surface area contributed by atoms with Gasteiger partial charge in [0, 0.05) is 33.0 Å². The number of rotatable bonds is 5. The highest BCUT2D eigenvalue weighted by molar-refractivity contribution is 6.13. The third-order valence-electron chi connectivity index (χ3n) is 9.21. The Morgan fingerprint density at radius 1 is 0.320 bits per heavy atom. The van der Waals surface area contributed by atoms with Gasteiger partial charge in [0.15, 0.2) is 34.2 Å². The van der Waals surface area contributed by atoms with Gasteiger partial charge in [0.2, 0.25) is 5.89 Å². The number of furan rings is 1. The van der Waals surface area contributed by atoms with Gasteiger partial charge in [-0.1, -0.05) is 133 Å². The van der Waals surface area contributed by atoms with Crippen LogP contribution in [0.1, 0.15) is 0 Å². The summed E-state index contributed by atoms with van der Waals surface area (Å²) in [4.78, 5) is 19.6. The first kappa shape index (κ1) is 28.1. The Morgan fingerprint density at radius 3 is 1.50 bits per heavy atom. The zero-order valence-corrected chi connectivity index (χ0v) is 26.6. The van der Waals surface area contributed by atoms with Crippen molar-refractivity contribution in [3.8, 4) is 56.7 Å². The summed E-state index contributed by atoms with van der Waals surface area (Å²) in [5.74, 6) is 2.46. The van der Waals surface area contributed by atoms with Crippen molar-refractivity contribution < 1.29 is 8.83 Å². The largest absolute Gasteiger partial charge is 0.454 e. The van der Waals surface area contributed by atoms with Gasteiger partial charge in [0.1, 0.15) is 5.58 Å². The van der Waals surface area contributed by atoms with Gasteiger partial charge in [-0.05, 0) is 46.2 Å². The van der Waals surface area contributed by atoms with E-state index in [1.807, 2.05) is 97.1 Å². The fraction of sp³-hybridized carbons (Fsp3) is 0. The Bertz CT molecular complexity index is 2800. The minimum atomic E-state index is 0.560. The van der Waals surface area contributed by atoms with E-state index in [9.17, 15) is 0 Å². The molecule has 3 heterocycles. The Labute approximate surface area is 286 Å². The lowest BCUT2D eigenvalue weighted by Gasteiger charge is -2.11. The van der Waals surface area contributed by atoms with Crippen LogP contribution < -0.4 is 0 Å². The molecular weight excluding hydrogens is 617 g/mol. The van der Waals surface area contributed by atoms with Gasteiger partial charge in [-0.3, -0.25) is 0 Å². The number of oxazole rings is 1. The minimum Gasteiger partial charge on any atom is -0.454 e. The normalized spacial score (nSPS) is 11.6. The summed E-state index contributed by atoms with van der Waals surface area (Å²) in [6, 6.07) is 53.2. The van der Waals surface area contributed by atoms with Gasteiger partial charge < -0.3 is 8.83 Å². The van der Waals surface area contributed by atoms with Crippen LogP contribution in [0.3, 0.4) is 0 Å². The molecule has 0 atom stereocenters. The lowest BCUT2D eigenvalue weighted by molar-refractivity contribution is 0.620. The average Bonchev–Trinajstić information content (AvgIpc) is 3.80. The summed E-state index contributed by atoms with van der Waals surface area (Å²) in [5.41, 5.74) is 8.91. The van der Waals surface area contributed by atoms with E-state index in [1.165, 1.54) is 0 Å². The van der Waals surface area contributed by atoms with Crippen LogP contribution in [0, 0.1) is 0 Å². The fourth-order valence-corrected chi connectivity index (χ4v) is 6.76. The molecule has 50 heavy (non-hydrogen) atoms. The van der Waals surface area contributed by atoms with Gasteiger partial charge in [0.25, 0.3) is 0 Å². The van der Waals surface area contributed by atoms with Crippen molar-refractivity contribution in [1.82, 2.24) is 19.9 Å². The molecule has 234 valence electrons. The molecule has 0 aliphatic rings. The molecule has 10 rings (SSSR count). The molecule has 0 amide bonds. The average molecular weight is 643 g/mol. The second-order valence-corrected chi connectivity index (χ2v) is 12.2. The highest BCUT2D eigenvalue weighted by atomic mass is 16.4. The van der Waals surface area contributed by atoms with Crippen molar-refractivity contribution in [2.24, 2.45) is 0 Å². The molecule has 0 unspecified atom stereocenters. The molecule has 0 fully saturated rings. The molecule has 0 aliphatic carbocycles. The molecular formula is C44H26N4O2. The maximum absolute atomic E-state index is 6.37. The van der Waals surface area contributed by atoms with Crippen LogP contribution in [0.5, 0.6) is 0 Å². The van der Waals surface area contributed by atoms with Crippen LogP contribution in [0.4, 0.5) is 0 Å². The number of hydrogen-bond acceptors (Lipinski definition) is 6. The van der Waals surface area contributed by atoms with Crippen LogP contribution >= 0.6 is 0 Å². The number of hydrogen-bond donors (Lipinski definition) is 0. The summed E-state index contributed by atoms with van der Waals surface area (Å²) >= 11 is 0. The van der Waals surface area contributed by atoms with E-state index in [0.717, 1.165) is 71.6 Å². The lowest BCUT2D eigenvalue weighted by atomic mass is 9.94. The summed E-state index contributed by atoms with van der Waals surface area (Å²) in [6.45, 7) is 0. The van der Waals surface area contributed by atoms with Crippen molar-refractivity contribution in [1.29, 1.82) is 0 Å². The SMILES string of the molecule is c1ccc(-c2nc(-c3ccccc3)nc(-c3ccc(-c4ccc(-c5nc6c(ccc7c8ccccc8oc76)o5)c5ccccc45)cc3)n2)cc1. The molecule has 7 aromatic carbocycles. The molecule has 0 aliphatic heterocycles. The number of aromatic nitrogens is 4. The second kappa shape index (κ2) is 11.4. The molecule has 3 aromatic heterocycles. The maximum Gasteiger partial charge on any atom is 0.228 e. The van der Waals surface area contributed by atoms with Gasteiger partial charge in [0.05, 0.1) is 0 Å². The molecule has 0 spiro atoms. The standard InChI is InChI=1S/C44H26N4O2/c1-3-11-28(12-4-1)41-46-42(29-13-5-2-6-14-29)48-43(47-41)30-21-19-27(20-22-30)31-23-24-36(33-16-8-7-15-32(31)33)44-45-39-38(50-44)26-25-35-34-17-9-10-18-37(34)49-40(35)39/h1-26H. The monoisotopic (exact) mass is 642 g/mol. The van der Waals surface area contributed by atoms with Crippen LogP contribution in [-0.4, -0.2) is 19.9 Å². The van der Waals surface area contributed by atoms with Gasteiger partial charge in [-0.2, -0.15) is 0 Å². The third-order valence-corrected chi connectivity index (χ3v) is 9.21. The van der Waals surface area contributed by atoms with Crippen LogP contribution in [-0.2, 0) is 0 Å². The summed E-state index contributed by atoms with van der Waals surface area (Å²) in [5, 5.41) is 4.26. The van der Waals surface area contributed by atoms with E-state index in [2.05, 4.69) is 60.7 Å². The zero-order chi connectivity index (χ0) is 33.0. The molecule has 0 bridgehead atoms. The Balaban J connectivity index is 1.05. The Hall–Kier alpha value is -6.92. The number of benzene rings is 7. The molecule has 0 radical (unpaired) electrons. The quantitative estimate of drug-likeness (QED) is 0.186. The van der Waals surface area contributed by atoms with E-state index >= 15 is 0 Å². The highest BCUT2D eigenvalue weighted by Crippen LogP contribution is 2.39. The smallest absolute Gasteiger partial charge is 0.228 e. The minimum absolute atomic E-state index is 0.560. The Morgan fingerprint density at radius 2 is 0.840 bits per heavy atom. The molecule has 0 N–H and O–H groups in total. The summed E-state index contributed by atoms with van der Waals surface area (Å²) in [6.07, 6.45) is 0. The molecule has 6 heteroatoms. The van der Waals surface area contributed by atoms with Gasteiger partial charge in [-0.25, -0.2) is 19.9 Å². The molecule has 0 saturated carbocycles. The van der Waals surface area contributed by atoms with Crippen molar-refractivity contribution in [3.63, 3.8) is 0 Å². The number of nitrogens with zero attached hydrogens (tertiary/aromatic N) is 4. The first-order chi connectivity index (χ1) is 24.8.